The van der Waals surface area contributed by atoms with Crippen molar-refractivity contribution >= 4 is 37.1 Å². The van der Waals surface area contributed by atoms with Crippen molar-refractivity contribution < 1.29 is 9.59 Å². The first kappa shape index (κ1) is 20.0. The van der Waals surface area contributed by atoms with E-state index in [2.05, 4.69) is 44.0 Å². The Morgan fingerprint density at radius 1 is 1.17 bits per heavy atom. The van der Waals surface area contributed by atoms with Crippen LogP contribution in [0, 0.1) is 17.3 Å². The monoisotopic (exact) mass is 372 g/mol. The van der Waals surface area contributed by atoms with E-state index in [0.717, 1.165) is 12.8 Å². The minimum atomic E-state index is -0.720. The Bertz CT molecular complexity index is 553. The first-order valence-electron chi connectivity index (χ1n) is 8.91. The van der Waals surface area contributed by atoms with Crippen LogP contribution in [0.15, 0.2) is 0 Å². The molecule has 24 heavy (non-hydrogen) atoms. The second kappa shape index (κ2) is 6.11. The molecule has 4 nitrogen and oxygen atoms in total. The molecule has 0 aromatic rings. The van der Waals surface area contributed by atoms with Gasteiger partial charge >= 0.3 is 0 Å². The number of thiol groups is 2. The van der Waals surface area contributed by atoms with Crippen LogP contribution in [0.3, 0.4) is 0 Å². The molecule has 0 spiro atoms. The van der Waals surface area contributed by atoms with Gasteiger partial charge in [-0.1, -0.05) is 27.7 Å². The Labute approximate surface area is 157 Å². The average Bonchev–Trinajstić information content (AvgIpc) is 3.42. The van der Waals surface area contributed by atoms with Crippen LogP contribution in [-0.2, 0) is 9.59 Å². The van der Waals surface area contributed by atoms with Gasteiger partial charge in [-0.05, 0) is 44.4 Å². The fourth-order valence-corrected chi connectivity index (χ4v) is 5.05. The number of nitrogens with one attached hydrogen (secondary N) is 2. The minimum absolute atomic E-state index is 0.0346. The third kappa shape index (κ3) is 3.09. The molecule has 0 bridgehead atoms. The van der Waals surface area contributed by atoms with Crippen LogP contribution >= 0.6 is 25.3 Å². The maximum atomic E-state index is 13.1. The molecule has 6 heteroatoms. The van der Waals surface area contributed by atoms with Crippen LogP contribution in [0.25, 0.3) is 0 Å². The largest absolute Gasteiger partial charge is 0.358 e. The maximum absolute atomic E-state index is 13.1. The number of rotatable bonds is 7. The van der Waals surface area contributed by atoms with Crippen LogP contribution in [0.2, 0.25) is 0 Å². The molecule has 0 aromatic heterocycles. The smallest absolute Gasteiger partial charge is 0.236 e. The molecule has 2 amide bonds. The minimum Gasteiger partial charge on any atom is -0.358 e. The summed E-state index contributed by atoms with van der Waals surface area (Å²) in [5.74, 6) is 0.294. The molecule has 6 atom stereocenters. The molecule has 138 valence electrons. The molecule has 2 aliphatic carbocycles. The van der Waals surface area contributed by atoms with E-state index in [1.54, 1.807) is 7.05 Å². The fraction of sp³-hybridized carbons (Fsp3) is 0.889. The van der Waals surface area contributed by atoms with Gasteiger partial charge in [0, 0.05) is 17.3 Å². The zero-order valence-electron chi connectivity index (χ0n) is 15.7. The summed E-state index contributed by atoms with van der Waals surface area (Å²) in [6, 6.07) is 0. The van der Waals surface area contributed by atoms with Crippen molar-refractivity contribution in [3.8, 4) is 0 Å². The molecule has 2 N–H and O–H groups in total. The van der Waals surface area contributed by atoms with Crippen molar-refractivity contribution in [3.05, 3.63) is 0 Å². The zero-order chi connectivity index (χ0) is 18.6. The molecule has 0 aliphatic heterocycles. The van der Waals surface area contributed by atoms with Crippen LogP contribution in [0.5, 0.6) is 0 Å². The highest BCUT2D eigenvalue weighted by Crippen LogP contribution is 2.61. The first-order chi connectivity index (χ1) is 10.9. The predicted molar refractivity (Wildman–Crippen MR) is 105 cm³/mol. The Morgan fingerprint density at radius 3 is 2.21 bits per heavy atom. The molecule has 6 unspecified atom stereocenters. The number of amides is 2. The number of hydrogen-bond donors (Lipinski definition) is 4. The Balaban J connectivity index is 2.10. The van der Waals surface area contributed by atoms with Gasteiger partial charge in [0.2, 0.25) is 11.8 Å². The second-order valence-electron chi connectivity index (χ2n) is 8.37. The van der Waals surface area contributed by atoms with Gasteiger partial charge in [0.25, 0.3) is 0 Å². The summed E-state index contributed by atoms with van der Waals surface area (Å²) in [6.45, 7) is 10.4. The summed E-state index contributed by atoms with van der Waals surface area (Å²) < 4.78 is -0.790. The lowest BCUT2D eigenvalue weighted by Gasteiger charge is -2.32. The van der Waals surface area contributed by atoms with Crippen molar-refractivity contribution in [3.63, 3.8) is 0 Å². The molecule has 2 rings (SSSR count). The number of hydrogen-bond acceptors (Lipinski definition) is 4. The molecular formula is C18H32N2O2S2. The fourth-order valence-electron chi connectivity index (χ4n) is 4.10. The van der Waals surface area contributed by atoms with E-state index in [0.29, 0.717) is 18.8 Å². The molecule has 0 radical (unpaired) electrons. The van der Waals surface area contributed by atoms with Crippen molar-refractivity contribution in [2.75, 3.05) is 7.05 Å². The Morgan fingerprint density at radius 2 is 1.75 bits per heavy atom. The summed E-state index contributed by atoms with van der Waals surface area (Å²) in [6.07, 6.45) is 3.26. The SMILES string of the molecule is CCC(C)(S)C1CC1(C)NC(=O)C(C)(CC)C1CC1(S)C(=O)NC. The highest BCUT2D eigenvalue weighted by Gasteiger charge is 2.67. The van der Waals surface area contributed by atoms with Crippen LogP contribution in [-0.4, -0.2) is 33.9 Å². The molecule has 0 saturated heterocycles. The predicted octanol–water partition coefficient (Wildman–Crippen LogP) is 2.83. The highest BCUT2D eigenvalue weighted by molar-refractivity contribution is 7.83. The van der Waals surface area contributed by atoms with Gasteiger partial charge in [0.1, 0.15) is 0 Å². The normalized spacial score (nSPS) is 39.3. The zero-order valence-corrected chi connectivity index (χ0v) is 17.5. The molecule has 2 saturated carbocycles. The van der Waals surface area contributed by atoms with Gasteiger partial charge in [0.05, 0.1) is 10.2 Å². The average molecular weight is 373 g/mol. The molecule has 2 fully saturated rings. The lowest BCUT2D eigenvalue weighted by atomic mass is 9.79. The third-order valence-electron chi connectivity index (χ3n) is 6.68. The van der Waals surface area contributed by atoms with Crippen LogP contribution in [0.1, 0.15) is 60.3 Å². The standard InChI is InChI=1S/C18H32N2O2S2/c1-7-15(3,11-10-18(11,24)14(22)19-6)13(21)20-16(4)9-12(16)17(5,23)8-2/h11-12,23-24H,7-10H2,1-6H3,(H,19,22)(H,20,21). The maximum Gasteiger partial charge on any atom is 0.236 e. The van der Waals surface area contributed by atoms with E-state index in [4.69, 9.17) is 12.6 Å². The summed E-state index contributed by atoms with van der Waals surface area (Å²) in [7, 11) is 1.62. The van der Waals surface area contributed by atoms with E-state index in [1.807, 2.05) is 13.8 Å². The van der Waals surface area contributed by atoms with Crippen molar-refractivity contribution in [2.24, 2.45) is 17.3 Å². The van der Waals surface area contributed by atoms with Crippen molar-refractivity contribution in [1.29, 1.82) is 0 Å². The van der Waals surface area contributed by atoms with Crippen LogP contribution in [0.4, 0.5) is 0 Å². The van der Waals surface area contributed by atoms with E-state index >= 15 is 0 Å². The van der Waals surface area contributed by atoms with E-state index in [1.165, 1.54) is 0 Å². The third-order valence-corrected chi connectivity index (χ3v) is 8.00. The molecule has 2 aliphatic rings. The van der Waals surface area contributed by atoms with Gasteiger partial charge < -0.3 is 10.6 Å². The van der Waals surface area contributed by atoms with Crippen molar-refractivity contribution in [2.45, 2.75) is 75.3 Å². The second-order valence-corrected chi connectivity index (χ2v) is 10.2. The van der Waals surface area contributed by atoms with Crippen LogP contribution < -0.4 is 10.6 Å². The summed E-state index contributed by atoms with van der Waals surface area (Å²) in [5, 5.41) is 5.95. The molecule has 0 heterocycles. The van der Waals surface area contributed by atoms with Gasteiger partial charge in [-0.2, -0.15) is 25.3 Å². The van der Waals surface area contributed by atoms with E-state index in [-0.39, 0.29) is 28.0 Å². The van der Waals surface area contributed by atoms with Gasteiger partial charge in [-0.3, -0.25) is 9.59 Å². The molecule has 0 aromatic carbocycles. The van der Waals surface area contributed by atoms with Gasteiger partial charge in [-0.25, -0.2) is 0 Å². The summed E-state index contributed by atoms with van der Waals surface area (Å²) in [5.41, 5.74) is -0.773. The van der Waals surface area contributed by atoms with Crippen molar-refractivity contribution in [1.82, 2.24) is 10.6 Å². The van der Waals surface area contributed by atoms with E-state index < -0.39 is 10.2 Å². The number of carbonyl (C=O) groups excluding carboxylic acids is 2. The van der Waals surface area contributed by atoms with Gasteiger partial charge in [0.15, 0.2) is 0 Å². The number of carbonyl (C=O) groups is 2. The van der Waals surface area contributed by atoms with E-state index in [9.17, 15) is 9.59 Å². The molecular weight excluding hydrogens is 340 g/mol. The summed E-state index contributed by atoms with van der Waals surface area (Å²) in [4.78, 5) is 25.2. The first-order valence-corrected chi connectivity index (χ1v) is 9.80. The topological polar surface area (TPSA) is 58.2 Å². The Hall–Kier alpha value is -0.360. The highest BCUT2D eigenvalue weighted by atomic mass is 32.1. The summed E-state index contributed by atoms with van der Waals surface area (Å²) >= 11 is 9.36. The van der Waals surface area contributed by atoms with Gasteiger partial charge in [-0.15, -0.1) is 0 Å². The lowest BCUT2D eigenvalue weighted by molar-refractivity contribution is -0.133. The quantitative estimate of drug-likeness (QED) is 0.520. The Kier molecular flexibility index (Phi) is 5.08. The lowest BCUT2D eigenvalue weighted by Crippen LogP contribution is -2.49.